The molecule has 3 N–H and O–H groups in total. The third-order valence-corrected chi connectivity index (χ3v) is 12.2. The Labute approximate surface area is 367 Å². The Morgan fingerprint density at radius 1 is 1.06 bits per heavy atom. The molecule has 0 radical (unpaired) electrons. The topological polar surface area (TPSA) is 189 Å². The lowest BCUT2D eigenvalue weighted by Crippen LogP contribution is -2.61. The molecular formula is C47H58N8O8. The Morgan fingerprint density at radius 3 is 2.54 bits per heavy atom. The first-order valence-corrected chi connectivity index (χ1v) is 21.7. The number of rotatable bonds is 9. The van der Waals surface area contributed by atoms with Gasteiger partial charge in [-0.1, -0.05) is 46.4 Å². The molecule has 1 unspecified atom stereocenters. The average molecular weight is 863 g/mol. The summed E-state index contributed by atoms with van der Waals surface area (Å²) >= 11 is 0. The molecule has 16 heteroatoms. The van der Waals surface area contributed by atoms with Crippen LogP contribution >= 0.6 is 0 Å². The van der Waals surface area contributed by atoms with Crippen LogP contribution < -0.4 is 10.7 Å². The Morgan fingerprint density at radius 2 is 1.83 bits per heavy atom. The summed E-state index contributed by atoms with van der Waals surface area (Å²) in [7, 11) is 1.58. The number of carbonyl (C=O) groups excluding carboxylic acids is 5. The fraction of sp³-hybridized carbons (Fsp3) is 0.468. The lowest BCUT2D eigenvalue weighted by atomic mass is 9.84. The van der Waals surface area contributed by atoms with Gasteiger partial charge in [0.15, 0.2) is 6.10 Å². The van der Waals surface area contributed by atoms with Crippen molar-refractivity contribution in [2.75, 3.05) is 33.3 Å². The largest absolute Gasteiger partial charge is 0.508 e. The fourth-order valence-corrected chi connectivity index (χ4v) is 8.89. The van der Waals surface area contributed by atoms with E-state index in [0.717, 1.165) is 50.0 Å². The molecule has 2 saturated heterocycles. The highest BCUT2D eigenvalue weighted by Crippen LogP contribution is 2.40. The van der Waals surface area contributed by atoms with E-state index in [1.807, 2.05) is 26.0 Å². The number of hydrogen-bond donors (Lipinski definition) is 3. The van der Waals surface area contributed by atoms with E-state index < -0.39 is 53.2 Å². The van der Waals surface area contributed by atoms with Crippen molar-refractivity contribution in [3.63, 3.8) is 0 Å². The molecule has 3 aliphatic rings. The molecule has 0 spiro atoms. The Bertz CT molecular complexity index is 2400. The number of carbonyl (C=O) groups is 5. The molecule has 5 heterocycles. The second-order valence-corrected chi connectivity index (χ2v) is 17.9. The first kappa shape index (κ1) is 44.9. The molecule has 6 bridgehead atoms. The Kier molecular flexibility index (Phi) is 13.3. The van der Waals surface area contributed by atoms with Gasteiger partial charge in [-0.05, 0) is 84.7 Å². The second kappa shape index (κ2) is 18.7. The van der Waals surface area contributed by atoms with E-state index in [1.54, 1.807) is 31.6 Å². The number of aromatic nitrogens is 3. The number of likely N-dealkylation sites (N-methyl/N-ethyl adjacent to an activating group) is 1. The zero-order valence-corrected chi connectivity index (χ0v) is 36.9. The molecule has 0 saturated carbocycles. The summed E-state index contributed by atoms with van der Waals surface area (Å²) in [5, 5.41) is 17.7. The molecule has 63 heavy (non-hydrogen) atoms. The van der Waals surface area contributed by atoms with Gasteiger partial charge < -0.3 is 24.6 Å². The fourth-order valence-electron chi connectivity index (χ4n) is 8.89. The van der Waals surface area contributed by atoms with Crippen LogP contribution in [0, 0.1) is 17.3 Å². The van der Waals surface area contributed by atoms with Crippen molar-refractivity contribution in [2.24, 2.45) is 17.3 Å². The number of cyclic esters (lactones) is 1. The average Bonchev–Trinajstić information content (AvgIpc) is 3.89. The van der Waals surface area contributed by atoms with E-state index in [-0.39, 0.29) is 50.2 Å². The summed E-state index contributed by atoms with van der Waals surface area (Å²) in [6.07, 6.45) is 7.15. The van der Waals surface area contributed by atoms with Crippen LogP contribution in [0.15, 0.2) is 67.8 Å². The molecule has 2 fully saturated rings. The van der Waals surface area contributed by atoms with Crippen LogP contribution in [0.4, 0.5) is 0 Å². The maximum Gasteiger partial charge on any atom is 0.324 e. The van der Waals surface area contributed by atoms with Crippen molar-refractivity contribution in [3.8, 4) is 28.1 Å². The van der Waals surface area contributed by atoms with Crippen LogP contribution in [0.25, 0.3) is 33.3 Å². The van der Waals surface area contributed by atoms with Gasteiger partial charge in [-0.25, -0.2) is 20.5 Å². The first-order chi connectivity index (χ1) is 30.1. The quantitative estimate of drug-likeness (QED) is 0.158. The molecule has 7 rings (SSSR count). The van der Waals surface area contributed by atoms with Crippen molar-refractivity contribution < 1.29 is 38.7 Å². The van der Waals surface area contributed by atoms with Crippen LogP contribution in [-0.2, 0) is 52.9 Å². The maximum atomic E-state index is 14.6. The van der Waals surface area contributed by atoms with E-state index in [4.69, 9.17) is 9.57 Å². The predicted molar refractivity (Wildman–Crippen MR) is 235 cm³/mol. The number of fused-ring (bicyclic) bond motifs is 6. The SMILES string of the molecule is C=CC(=O)N1CC[C@H](C(=O)N(C)CC(C(=O)N[C@H]2Cc3cc(O)cc(c3)-c3ccc4c(c3)c(c(-c3cncnc3)n4CC)CC(C)(C)COC(=O)[C@@H]3CCCN(N3)C2=O)C(C)C)O1. The third-order valence-electron chi connectivity index (χ3n) is 12.2. The lowest BCUT2D eigenvalue weighted by Gasteiger charge is -2.36. The second-order valence-electron chi connectivity index (χ2n) is 17.9. The van der Waals surface area contributed by atoms with Gasteiger partial charge >= 0.3 is 5.97 Å². The maximum absolute atomic E-state index is 14.6. The monoisotopic (exact) mass is 862 g/mol. The summed E-state index contributed by atoms with van der Waals surface area (Å²) in [4.78, 5) is 84.0. The number of hydrazine groups is 1. The van der Waals surface area contributed by atoms with E-state index in [1.165, 1.54) is 16.2 Å². The van der Waals surface area contributed by atoms with Crippen LogP contribution in [0.3, 0.4) is 0 Å². The van der Waals surface area contributed by atoms with Gasteiger partial charge in [0.1, 0.15) is 24.2 Å². The number of amides is 4. The van der Waals surface area contributed by atoms with Gasteiger partial charge in [0.05, 0.1) is 24.8 Å². The van der Waals surface area contributed by atoms with E-state index in [2.05, 4.69) is 64.8 Å². The van der Waals surface area contributed by atoms with Crippen molar-refractivity contribution in [1.29, 1.82) is 0 Å². The number of phenolic OH excluding ortho intramolecular Hbond substituents is 1. The number of ether oxygens (including phenoxy) is 1. The van der Waals surface area contributed by atoms with Gasteiger partial charge in [-0.3, -0.25) is 33.8 Å². The van der Waals surface area contributed by atoms with Crippen LogP contribution in [0.1, 0.15) is 65.0 Å². The molecule has 0 aliphatic carbocycles. The molecular weight excluding hydrogens is 805 g/mol. The summed E-state index contributed by atoms with van der Waals surface area (Å²) in [5.74, 6) is -3.22. The molecule has 3 aliphatic heterocycles. The van der Waals surface area contributed by atoms with E-state index >= 15 is 0 Å². The minimum Gasteiger partial charge on any atom is -0.508 e. The zero-order chi connectivity index (χ0) is 45.2. The van der Waals surface area contributed by atoms with E-state index in [0.29, 0.717) is 37.8 Å². The first-order valence-electron chi connectivity index (χ1n) is 21.7. The number of hydrogen-bond acceptors (Lipinski definition) is 11. The van der Waals surface area contributed by atoms with E-state index in [9.17, 15) is 29.1 Å². The summed E-state index contributed by atoms with van der Waals surface area (Å²) in [5.41, 5.74) is 8.62. The highest BCUT2D eigenvalue weighted by atomic mass is 16.7. The number of esters is 1. The number of benzene rings is 2. The van der Waals surface area contributed by atoms with Crippen LogP contribution in [0.2, 0.25) is 0 Å². The number of aromatic hydroxyl groups is 1. The van der Waals surface area contributed by atoms with Crippen LogP contribution in [0.5, 0.6) is 5.75 Å². The molecule has 4 amide bonds. The third kappa shape index (κ3) is 9.76. The van der Waals surface area contributed by atoms with Crippen molar-refractivity contribution >= 4 is 40.5 Å². The molecule has 2 aromatic carbocycles. The zero-order valence-electron chi connectivity index (χ0n) is 36.9. The molecule has 2 aromatic heterocycles. The molecule has 16 nitrogen and oxygen atoms in total. The highest BCUT2D eigenvalue weighted by Gasteiger charge is 2.38. The summed E-state index contributed by atoms with van der Waals surface area (Å²) in [6, 6.07) is 9.43. The normalized spacial score (nSPS) is 20.8. The van der Waals surface area contributed by atoms with Crippen molar-refractivity contribution in [1.82, 2.24) is 40.2 Å². The molecule has 4 aromatic rings. The Balaban J connectivity index is 1.25. The smallest absolute Gasteiger partial charge is 0.324 e. The standard InChI is InChI=1S/C47H58N8O8/c1-8-41(57)55-16-14-40(63-55)45(60)52(7)25-36(28(3)4)43(58)50-38-19-29-17-31(20-33(56)18-29)30-12-13-39-34(21-30)35(42(53(39)9-2)32-23-48-27-49-24-32)22-47(5,6)26-62-46(61)37-11-10-15-54(51-37)44(38)59/h8,12-13,17-18,20-21,23-24,27-28,36-38,40,51,56H,1,9-11,14-16,19,22,25-26H2,2-7H3,(H,50,58)/t36?,37-,38-,40+/m0/s1. The summed E-state index contributed by atoms with van der Waals surface area (Å²) in [6.45, 7) is 14.7. The van der Waals surface area contributed by atoms with Crippen molar-refractivity contribution in [3.05, 3.63) is 78.9 Å². The number of aryl methyl sites for hydroxylation is 1. The van der Waals surface area contributed by atoms with Gasteiger partial charge in [0.2, 0.25) is 5.91 Å². The highest BCUT2D eigenvalue weighted by molar-refractivity contribution is 5.95. The predicted octanol–water partition coefficient (Wildman–Crippen LogP) is 4.59. The number of hydroxylamine groups is 2. The van der Waals surface area contributed by atoms with Gasteiger partial charge in [-0.2, -0.15) is 0 Å². The number of phenols is 1. The van der Waals surface area contributed by atoms with Gasteiger partial charge in [0.25, 0.3) is 17.7 Å². The number of nitrogens with one attached hydrogen (secondary N) is 2. The molecule has 334 valence electrons. The van der Waals surface area contributed by atoms with Crippen molar-refractivity contribution in [2.45, 2.75) is 91.5 Å². The number of nitrogens with zero attached hydrogens (tertiary/aromatic N) is 6. The lowest BCUT2D eigenvalue weighted by molar-refractivity contribution is -0.182. The van der Waals surface area contributed by atoms with Gasteiger partial charge in [-0.15, -0.1) is 0 Å². The molecule has 4 atom stereocenters. The Hall–Kier alpha value is -6.13. The minimum atomic E-state index is -1.13. The summed E-state index contributed by atoms with van der Waals surface area (Å²) < 4.78 is 8.27. The minimum absolute atomic E-state index is 0.00792. The van der Waals surface area contributed by atoms with Gasteiger partial charge in [0, 0.05) is 73.8 Å². The van der Waals surface area contributed by atoms with Crippen LogP contribution in [-0.4, -0.2) is 116 Å².